The average Bonchev–Trinajstić information content (AvgIpc) is 2.98. The van der Waals surface area contributed by atoms with Gasteiger partial charge in [0.25, 0.3) is 0 Å². The van der Waals surface area contributed by atoms with Gasteiger partial charge in [-0.2, -0.15) is 0 Å². The van der Waals surface area contributed by atoms with Crippen LogP contribution in [0.5, 0.6) is 0 Å². The third-order valence-electron chi connectivity index (χ3n) is 3.64. The maximum atomic E-state index is 11.9. The lowest BCUT2D eigenvalue weighted by Gasteiger charge is -2.06. The number of carbonyl (C=O) groups is 1. The number of fused-ring (bicyclic) bond motifs is 1. The number of amides is 1. The number of carbonyl (C=O) groups excluding carboxylic acids is 1. The summed E-state index contributed by atoms with van der Waals surface area (Å²) < 4.78 is 5.60. The Bertz CT molecular complexity index is 828. The molecule has 4 nitrogen and oxygen atoms in total. The molecule has 1 heterocycles. The molecule has 0 bridgehead atoms. The van der Waals surface area contributed by atoms with Crippen molar-refractivity contribution in [1.29, 1.82) is 0 Å². The highest BCUT2D eigenvalue weighted by Crippen LogP contribution is 2.21. The van der Waals surface area contributed by atoms with Crippen molar-refractivity contribution in [2.45, 2.75) is 19.3 Å². The van der Waals surface area contributed by atoms with E-state index >= 15 is 0 Å². The molecule has 124 valence electrons. The van der Waals surface area contributed by atoms with Crippen LogP contribution in [0.4, 0.5) is 0 Å². The number of oxazole rings is 1. The third-order valence-corrected chi connectivity index (χ3v) is 4.22. The zero-order valence-corrected chi connectivity index (χ0v) is 14.4. The van der Waals surface area contributed by atoms with Crippen LogP contribution in [0.15, 0.2) is 46.9 Å². The van der Waals surface area contributed by atoms with Crippen molar-refractivity contribution in [2.24, 2.45) is 0 Å². The number of hydrogen-bond acceptors (Lipinski definition) is 3. The number of aryl methyl sites for hydroxylation is 1. The second-order valence-corrected chi connectivity index (χ2v) is 6.25. The van der Waals surface area contributed by atoms with Crippen LogP contribution in [0.1, 0.15) is 17.9 Å². The Morgan fingerprint density at radius 2 is 1.96 bits per heavy atom. The van der Waals surface area contributed by atoms with E-state index in [1.807, 2.05) is 30.3 Å². The van der Waals surface area contributed by atoms with Crippen LogP contribution in [-0.2, 0) is 17.6 Å². The predicted molar refractivity (Wildman–Crippen MR) is 95.5 cm³/mol. The van der Waals surface area contributed by atoms with Crippen LogP contribution in [-0.4, -0.2) is 17.4 Å². The van der Waals surface area contributed by atoms with E-state index in [0.717, 1.165) is 16.7 Å². The average molecular weight is 363 g/mol. The molecule has 6 heteroatoms. The fourth-order valence-corrected chi connectivity index (χ4v) is 2.90. The highest BCUT2D eigenvalue weighted by molar-refractivity contribution is 6.35. The first kappa shape index (κ1) is 16.8. The molecular weight excluding hydrogens is 347 g/mol. The van der Waals surface area contributed by atoms with Gasteiger partial charge in [-0.3, -0.25) is 4.79 Å². The Hall–Kier alpha value is -2.04. The summed E-state index contributed by atoms with van der Waals surface area (Å²) in [6.45, 7) is 0.522. The normalized spacial score (nSPS) is 10.9. The summed E-state index contributed by atoms with van der Waals surface area (Å²) in [4.78, 5) is 16.3. The molecule has 24 heavy (non-hydrogen) atoms. The van der Waals surface area contributed by atoms with E-state index in [0.29, 0.717) is 41.7 Å². The molecule has 0 fully saturated rings. The Morgan fingerprint density at radius 1 is 1.12 bits per heavy atom. The number of para-hydroxylation sites is 2. The molecule has 3 rings (SSSR count). The van der Waals surface area contributed by atoms with Gasteiger partial charge in [-0.1, -0.05) is 41.4 Å². The number of benzene rings is 2. The standard InChI is InChI=1S/C18H16Cl2N2O2/c19-13-6-5-12(14(20)11-13)9-10-21-17(23)7-8-18-22-15-3-1-2-4-16(15)24-18/h1-6,11H,7-10H2,(H,21,23). The Balaban J connectivity index is 1.45. The van der Waals surface area contributed by atoms with Gasteiger partial charge in [0, 0.05) is 29.4 Å². The number of nitrogens with zero attached hydrogens (tertiary/aromatic N) is 1. The van der Waals surface area contributed by atoms with Crippen LogP contribution in [0.25, 0.3) is 11.1 Å². The lowest BCUT2D eigenvalue weighted by Crippen LogP contribution is -2.26. The summed E-state index contributed by atoms with van der Waals surface area (Å²) in [6.07, 6.45) is 1.47. The first-order valence-corrected chi connectivity index (χ1v) is 8.42. The molecule has 1 amide bonds. The molecular formula is C18H16Cl2N2O2. The minimum atomic E-state index is -0.0395. The van der Waals surface area contributed by atoms with Crippen molar-refractivity contribution in [3.63, 3.8) is 0 Å². The maximum absolute atomic E-state index is 11.9. The van der Waals surface area contributed by atoms with Crippen LogP contribution < -0.4 is 5.32 Å². The van der Waals surface area contributed by atoms with Crippen molar-refractivity contribution in [1.82, 2.24) is 10.3 Å². The molecule has 0 aliphatic carbocycles. The van der Waals surface area contributed by atoms with Gasteiger partial charge in [0.15, 0.2) is 11.5 Å². The minimum Gasteiger partial charge on any atom is -0.441 e. The van der Waals surface area contributed by atoms with Gasteiger partial charge >= 0.3 is 0 Å². The molecule has 2 aromatic carbocycles. The minimum absolute atomic E-state index is 0.0395. The number of aromatic nitrogens is 1. The Kier molecular flexibility index (Phi) is 5.38. The molecule has 1 N–H and O–H groups in total. The highest BCUT2D eigenvalue weighted by Gasteiger charge is 2.08. The van der Waals surface area contributed by atoms with E-state index < -0.39 is 0 Å². The maximum Gasteiger partial charge on any atom is 0.220 e. The van der Waals surface area contributed by atoms with Crippen LogP contribution in [0, 0.1) is 0 Å². The fourth-order valence-electron chi connectivity index (χ4n) is 2.40. The van der Waals surface area contributed by atoms with Gasteiger partial charge in [-0.05, 0) is 36.2 Å². The summed E-state index contributed by atoms with van der Waals surface area (Å²) in [5, 5.41) is 4.09. The number of hydrogen-bond donors (Lipinski definition) is 1. The Morgan fingerprint density at radius 3 is 2.75 bits per heavy atom. The molecule has 0 aliphatic rings. The quantitative estimate of drug-likeness (QED) is 0.705. The molecule has 1 aromatic heterocycles. The first-order chi connectivity index (χ1) is 11.6. The van der Waals surface area contributed by atoms with E-state index in [-0.39, 0.29) is 5.91 Å². The van der Waals surface area contributed by atoms with E-state index in [1.54, 1.807) is 12.1 Å². The zero-order chi connectivity index (χ0) is 16.9. The Labute approximate surface area is 149 Å². The van der Waals surface area contributed by atoms with Crippen molar-refractivity contribution in [3.05, 3.63) is 64.0 Å². The lowest BCUT2D eigenvalue weighted by molar-refractivity contribution is -0.121. The highest BCUT2D eigenvalue weighted by atomic mass is 35.5. The smallest absolute Gasteiger partial charge is 0.220 e. The molecule has 0 saturated carbocycles. The summed E-state index contributed by atoms with van der Waals surface area (Å²) in [7, 11) is 0. The fraction of sp³-hybridized carbons (Fsp3) is 0.222. The van der Waals surface area contributed by atoms with E-state index in [4.69, 9.17) is 27.6 Å². The molecule has 0 radical (unpaired) electrons. The number of halogens is 2. The summed E-state index contributed by atoms with van der Waals surface area (Å²) in [6, 6.07) is 12.9. The summed E-state index contributed by atoms with van der Waals surface area (Å²) in [5.74, 6) is 0.537. The van der Waals surface area contributed by atoms with Crippen molar-refractivity contribution >= 4 is 40.2 Å². The topological polar surface area (TPSA) is 55.1 Å². The van der Waals surface area contributed by atoms with Crippen LogP contribution in [0.2, 0.25) is 10.0 Å². The van der Waals surface area contributed by atoms with Crippen molar-refractivity contribution in [2.75, 3.05) is 6.54 Å². The third kappa shape index (κ3) is 4.28. The van der Waals surface area contributed by atoms with E-state index in [9.17, 15) is 4.79 Å². The molecule has 0 aliphatic heterocycles. The van der Waals surface area contributed by atoms with Gasteiger partial charge < -0.3 is 9.73 Å². The SMILES string of the molecule is O=C(CCc1nc2ccccc2o1)NCCc1ccc(Cl)cc1Cl. The zero-order valence-electron chi connectivity index (χ0n) is 12.9. The summed E-state index contributed by atoms with van der Waals surface area (Å²) in [5.41, 5.74) is 2.51. The van der Waals surface area contributed by atoms with Crippen molar-refractivity contribution < 1.29 is 9.21 Å². The second-order valence-electron chi connectivity index (χ2n) is 5.41. The predicted octanol–water partition coefficient (Wildman–Crippen LogP) is 4.43. The monoisotopic (exact) mass is 362 g/mol. The van der Waals surface area contributed by atoms with Crippen LogP contribution in [0.3, 0.4) is 0 Å². The molecule has 0 saturated heterocycles. The van der Waals surface area contributed by atoms with Gasteiger partial charge in [-0.25, -0.2) is 4.98 Å². The first-order valence-electron chi connectivity index (χ1n) is 7.67. The second kappa shape index (κ2) is 7.69. The van der Waals surface area contributed by atoms with Gasteiger partial charge in [0.05, 0.1) is 0 Å². The van der Waals surface area contributed by atoms with Gasteiger partial charge in [-0.15, -0.1) is 0 Å². The largest absolute Gasteiger partial charge is 0.441 e. The number of rotatable bonds is 6. The van der Waals surface area contributed by atoms with E-state index in [1.165, 1.54) is 0 Å². The van der Waals surface area contributed by atoms with Crippen LogP contribution >= 0.6 is 23.2 Å². The van der Waals surface area contributed by atoms with Gasteiger partial charge in [0.2, 0.25) is 5.91 Å². The number of nitrogens with one attached hydrogen (secondary N) is 1. The van der Waals surface area contributed by atoms with Gasteiger partial charge in [0.1, 0.15) is 5.52 Å². The molecule has 3 aromatic rings. The molecule has 0 atom stereocenters. The lowest BCUT2D eigenvalue weighted by atomic mass is 10.1. The molecule has 0 spiro atoms. The molecule has 0 unspecified atom stereocenters. The summed E-state index contributed by atoms with van der Waals surface area (Å²) >= 11 is 12.0. The van der Waals surface area contributed by atoms with Crippen molar-refractivity contribution in [3.8, 4) is 0 Å². The van der Waals surface area contributed by atoms with E-state index in [2.05, 4.69) is 10.3 Å².